The van der Waals surface area contributed by atoms with Gasteiger partial charge in [-0.2, -0.15) is 0 Å². The summed E-state index contributed by atoms with van der Waals surface area (Å²) in [6.07, 6.45) is -1.83. The zero-order chi connectivity index (χ0) is 3.58. The van der Waals surface area contributed by atoms with Crippen LogP contribution in [0.2, 0.25) is 0 Å². The Morgan fingerprint density at radius 2 is 1.12 bits per heavy atom. The largest absolute Gasteiger partial charge is 1.00 e. The van der Waals surface area contributed by atoms with Crippen molar-refractivity contribution in [3.63, 3.8) is 0 Å². The van der Waals surface area contributed by atoms with Crippen molar-refractivity contribution in [1.82, 2.24) is 0 Å². The summed E-state index contributed by atoms with van der Waals surface area (Å²) >= 11 is 0. The van der Waals surface area contributed by atoms with Crippen molar-refractivity contribution >= 4 is 6.16 Å². The van der Waals surface area contributed by atoms with E-state index in [0.29, 0.717) is 0 Å². The molecule has 0 bridgehead atoms. The number of hydrogen-bond donors (Lipinski definition) is 2. The number of hydrogen-bond acceptors (Lipinski definition) is 1. The van der Waals surface area contributed by atoms with Gasteiger partial charge in [0.05, 0.1) is 0 Å². The second kappa shape index (κ2) is 26.3. The molecule has 0 aromatic rings. The van der Waals surface area contributed by atoms with Gasteiger partial charge in [0.1, 0.15) is 0 Å². The Hall–Kier alpha value is 0.385. The van der Waals surface area contributed by atoms with Crippen LogP contribution in [0.4, 0.5) is 4.79 Å². The van der Waals surface area contributed by atoms with E-state index in [4.69, 9.17) is 15.0 Å². The smallest absolute Gasteiger partial charge is 1.00 e. The molecule has 0 heterocycles. The predicted octanol–water partition coefficient (Wildman–Crippen LogP) is -7.19. The predicted molar refractivity (Wildman–Crippen MR) is 20.1 cm³/mol. The van der Waals surface area contributed by atoms with E-state index in [2.05, 4.69) is 0 Å². The molecular weight excluding hydrogens is 106 g/mol. The SMILES string of the molecule is O.O.O=C(O)O.[H-].[H-].[Li+].[Li+]. The normalized spacial score (nSPS) is 3.00. The molecule has 8 heavy (non-hydrogen) atoms. The van der Waals surface area contributed by atoms with E-state index in [1.165, 1.54) is 0 Å². The van der Waals surface area contributed by atoms with Crippen LogP contribution in [-0.4, -0.2) is 27.3 Å². The molecule has 0 amide bonds. The summed E-state index contributed by atoms with van der Waals surface area (Å²) < 4.78 is 0. The molecular formula is CH8Li2O5. The molecule has 0 spiro atoms. The second-order valence-electron chi connectivity index (χ2n) is 0.283. The summed E-state index contributed by atoms with van der Waals surface area (Å²) in [5, 5.41) is 13.9. The van der Waals surface area contributed by atoms with Crippen LogP contribution in [0.15, 0.2) is 0 Å². The van der Waals surface area contributed by atoms with Gasteiger partial charge in [0.15, 0.2) is 0 Å². The summed E-state index contributed by atoms with van der Waals surface area (Å²) in [6, 6.07) is 0. The van der Waals surface area contributed by atoms with Crippen molar-refractivity contribution in [3.8, 4) is 0 Å². The van der Waals surface area contributed by atoms with E-state index in [1.807, 2.05) is 0 Å². The monoisotopic (exact) mass is 114 g/mol. The van der Waals surface area contributed by atoms with Crippen LogP contribution in [0.3, 0.4) is 0 Å². The average Bonchev–Trinajstić information content (AvgIpc) is 0.811. The zero-order valence-electron chi connectivity index (χ0n) is 6.80. The number of carboxylic acid groups (broad SMARTS) is 2. The van der Waals surface area contributed by atoms with E-state index in [0.717, 1.165) is 0 Å². The maximum absolute atomic E-state index is 8.56. The zero-order valence-corrected chi connectivity index (χ0v) is 4.80. The van der Waals surface area contributed by atoms with E-state index in [1.54, 1.807) is 0 Å². The summed E-state index contributed by atoms with van der Waals surface area (Å²) in [6.45, 7) is 0. The fourth-order valence-corrected chi connectivity index (χ4v) is 0. The molecule has 0 aliphatic carbocycles. The van der Waals surface area contributed by atoms with Crippen LogP contribution in [-0.2, 0) is 0 Å². The van der Waals surface area contributed by atoms with Crippen LogP contribution in [0.1, 0.15) is 2.85 Å². The summed E-state index contributed by atoms with van der Waals surface area (Å²) in [5.74, 6) is 0. The van der Waals surface area contributed by atoms with Crippen LogP contribution in [0, 0.1) is 0 Å². The molecule has 44 valence electrons. The van der Waals surface area contributed by atoms with Crippen LogP contribution in [0.5, 0.6) is 0 Å². The molecule has 0 aromatic carbocycles. The molecule has 0 aliphatic rings. The first-order valence-corrected chi connectivity index (χ1v) is 0.651. The van der Waals surface area contributed by atoms with Crippen molar-refractivity contribution in [1.29, 1.82) is 0 Å². The van der Waals surface area contributed by atoms with Gasteiger partial charge in [0.25, 0.3) is 0 Å². The Kier molecular flexibility index (Phi) is 131. The van der Waals surface area contributed by atoms with Gasteiger partial charge in [-0.15, -0.1) is 0 Å². The third kappa shape index (κ3) is 1250. The Morgan fingerprint density at radius 3 is 1.12 bits per heavy atom. The molecule has 7 heteroatoms. The third-order valence-electron chi connectivity index (χ3n) is 0. The summed E-state index contributed by atoms with van der Waals surface area (Å²) in [4.78, 5) is 8.56. The molecule has 0 saturated carbocycles. The molecule has 0 radical (unpaired) electrons. The molecule has 6 N–H and O–H groups in total. The molecule has 0 aromatic heterocycles. The Labute approximate surface area is 73.0 Å². The minimum atomic E-state index is -1.83. The summed E-state index contributed by atoms with van der Waals surface area (Å²) in [5.41, 5.74) is 0. The third-order valence-corrected chi connectivity index (χ3v) is 0. The minimum Gasteiger partial charge on any atom is -1.00 e. The number of rotatable bonds is 0. The Bertz CT molecular complexity index is 40.6. The fraction of sp³-hybridized carbons (Fsp3) is 0. The molecule has 0 aliphatic heterocycles. The quantitative estimate of drug-likeness (QED) is 0.304. The molecule has 0 fully saturated rings. The van der Waals surface area contributed by atoms with Gasteiger partial charge in [-0.1, -0.05) is 0 Å². The van der Waals surface area contributed by atoms with Gasteiger partial charge in [-0.25, -0.2) is 4.79 Å². The summed E-state index contributed by atoms with van der Waals surface area (Å²) in [7, 11) is 0. The van der Waals surface area contributed by atoms with E-state index < -0.39 is 6.16 Å². The van der Waals surface area contributed by atoms with Crippen LogP contribution >= 0.6 is 0 Å². The van der Waals surface area contributed by atoms with Crippen LogP contribution in [0.25, 0.3) is 0 Å². The van der Waals surface area contributed by atoms with Crippen molar-refractivity contribution < 1.29 is 66.5 Å². The molecule has 0 rings (SSSR count). The van der Waals surface area contributed by atoms with E-state index in [-0.39, 0.29) is 51.5 Å². The minimum absolute atomic E-state index is 0. The molecule has 0 saturated heterocycles. The molecule has 0 atom stereocenters. The van der Waals surface area contributed by atoms with Crippen molar-refractivity contribution in [2.75, 3.05) is 0 Å². The first-order chi connectivity index (χ1) is 1.73. The Morgan fingerprint density at radius 1 is 1.12 bits per heavy atom. The van der Waals surface area contributed by atoms with Crippen molar-refractivity contribution in [2.45, 2.75) is 0 Å². The maximum atomic E-state index is 8.56. The average molecular weight is 114 g/mol. The van der Waals surface area contributed by atoms with E-state index >= 15 is 0 Å². The van der Waals surface area contributed by atoms with Gasteiger partial charge in [0.2, 0.25) is 0 Å². The first kappa shape index (κ1) is 39.9. The number of carbonyl (C=O) groups is 1. The van der Waals surface area contributed by atoms with Crippen LogP contribution < -0.4 is 37.7 Å². The van der Waals surface area contributed by atoms with Gasteiger partial charge in [-0.05, 0) is 0 Å². The van der Waals surface area contributed by atoms with Crippen molar-refractivity contribution in [2.24, 2.45) is 0 Å². The standard InChI is InChI=1S/CH2O3.2Li.2H2O.2H/c2-1(3)4;;;;;;/h(H2,2,3,4);;;2*1H2;;/q;2*+1;;;2*-1. The first-order valence-electron chi connectivity index (χ1n) is 0.651. The van der Waals surface area contributed by atoms with Gasteiger partial charge >= 0.3 is 43.9 Å². The maximum Gasteiger partial charge on any atom is 1.00 e. The topological polar surface area (TPSA) is 121 Å². The van der Waals surface area contributed by atoms with E-state index in [9.17, 15) is 0 Å². The Balaban J connectivity index is -0.00000000300. The molecule has 0 unspecified atom stereocenters. The van der Waals surface area contributed by atoms with Gasteiger partial charge < -0.3 is 24.0 Å². The van der Waals surface area contributed by atoms with Gasteiger partial charge in [0, 0.05) is 0 Å². The second-order valence-corrected chi connectivity index (χ2v) is 0.283. The molecule has 5 nitrogen and oxygen atoms in total. The van der Waals surface area contributed by atoms with Gasteiger partial charge in [-0.3, -0.25) is 0 Å². The fourth-order valence-electron chi connectivity index (χ4n) is 0. The van der Waals surface area contributed by atoms with Crippen molar-refractivity contribution in [3.05, 3.63) is 0 Å².